The van der Waals surface area contributed by atoms with E-state index in [1.165, 1.54) is 6.33 Å². The first-order valence-corrected chi connectivity index (χ1v) is 9.94. The molecule has 1 aromatic heterocycles. The predicted molar refractivity (Wildman–Crippen MR) is 109 cm³/mol. The zero-order valence-corrected chi connectivity index (χ0v) is 16.7. The van der Waals surface area contributed by atoms with Gasteiger partial charge in [0.2, 0.25) is 0 Å². The molecule has 0 bridgehead atoms. The highest BCUT2D eigenvalue weighted by atomic mass is 19.3. The lowest BCUT2D eigenvalue weighted by Crippen LogP contribution is -2.49. The molecule has 4 rings (SSSR count). The summed E-state index contributed by atoms with van der Waals surface area (Å²) in [7, 11) is 0. The molecule has 0 radical (unpaired) electrons. The second-order valence-corrected chi connectivity index (χ2v) is 8.33. The molecular formula is C21H25F2N5O2. The van der Waals surface area contributed by atoms with Gasteiger partial charge in [-0.1, -0.05) is 0 Å². The number of nitrogens with one attached hydrogen (secondary N) is 1. The van der Waals surface area contributed by atoms with E-state index in [1.807, 2.05) is 11.8 Å². The van der Waals surface area contributed by atoms with Gasteiger partial charge in [-0.25, -0.2) is 18.7 Å². The van der Waals surface area contributed by atoms with Gasteiger partial charge in [0.1, 0.15) is 29.1 Å². The predicted octanol–water partition coefficient (Wildman–Crippen LogP) is 3.00. The van der Waals surface area contributed by atoms with Crippen LogP contribution in [0.1, 0.15) is 43.9 Å². The van der Waals surface area contributed by atoms with E-state index in [1.54, 1.807) is 24.3 Å². The monoisotopic (exact) mass is 417 g/mol. The van der Waals surface area contributed by atoms with Crippen molar-refractivity contribution in [3.8, 4) is 5.75 Å². The fraction of sp³-hybridized carbons (Fsp3) is 0.476. The van der Waals surface area contributed by atoms with E-state index in [-0.39, 0.29) is 37.2 Å². The highest BCUT2D eigenvalue weighted by Gasteiger charge is 2.41. The number of nitrogen functional groups attached to an aromatic ring is 1. The third-order valence-electron chi connectivity index (χ3n) is 5.88. The van der Waals surface area contributed by atoms with Crippen LogP contribution in [0.25, 0.3) is 0 Å². The Bertz CT molecular complexity index is 956. The van der Waals surface area contributed by atoms with Gasteiger partial charge in [-0.15, -0.1) is 0 Å². The van der Waals surface area contributed by atoms with Gasteiger partial charge < -0.3 is 20.5 Å². The quantitative estimate of drug-likeness (QED) is 0.493. The molecule has 2 fully saturated rings. The lowest BCUT2D eigenvalue weighted by atomic mass is 9.92. The number of aliphatic hydroxyl groups is 1. The van der Waals surface area contributed by atoms with E-state index in [0.29, 0.717) is 28.5 Å². The van der Waals surface area contributed by atoms with Gasteiger partial charge in [-0.2, -0.15) is 0 Å². The topological polar surface area (TPSA) is 108 Å². The second-order valence-electron chi connectivity index (χ2n) is 8.33. The molecule has 30 heavy (non-hydrogen) atoms. The molecule has 0 amide bonds. The van der Waals surface area contributed by atoms with Crippen molar-refractivity contribution in [2.75, 3.05) is 23.7 Å². The Morgan fingerprint density at radius 1 is 1.20 bits per heavy atom. The van der Waals surface area contributed by atoms with Gasteiger partial charge in [0.05, 0.1) is 11.4 Å². The van der Waals surface area contributed by atoms with Crippen LogP contribution in [0.5, 0.6) is 5.75 Å². The molecule has 2 aromatic rings. The van der Waals surface area contributed by atoms with Crippen LogP contribution in [0.15, 0.2) is 30.6 Å². The maximum atomic E-state index is 13.0. The molecule has 0 spiro atoms. The average molecular weight is 417 g/mol. The molecule has 2 aliphatic rings. The van der Waals surface area contributed by atoms with Crippen molar-refractivity contribution >= 4 is 17.2 Å². The van der Waals surface area contributed by atoms with Gasteiger partial charge in [-0.3, -0.25) is 5.41 Å². The van der Waals surface area contributed by atoms with E-state index < -0.39 is 12.0 Å². The fourth-order valence-electron chi connectivity index (χ4n) is 3.51. The summed E-state index contributed by atoms with van der Waals surface area (Å²) in [4.78, 5) is 10.2. The number of nitrogens with two attached hydrogens (primary N) is 1. The number of anilines is 2. The summed E-state index contributed by atoms with van der Waals surface area (Å²) >= 11 is 0. The van der Waals surface area contributed by atoms with Crippen LogP contribution in [0.3, 0.4) is 0 Å². The Labute approximate surface area is 173 Å². The molecule has 1 aliphatic heterocycles. The number of alkyl halides is 2. The van der Waals surface area contributed by atoms with Crippen molar-refractivity contribution in [1.82, 2.24) is 9.97 Å². The van der Waals surface area contributed by atoms with Gasteiger partial charge >= 0.3 is 0 Å². The molecule has 2 heterocycles. The minimum atomic E-state index is -2.77. The molecular weight excluding hydrogens is 392 g/mol. The lowest BCUT2D eigenvalue weighted by Gasteiger charge is -2.38. The molecule has 4 N–H and O–H groups in total. The maximum absolute atomic E-state index is 13.0. The number of aromatic nitrogens is 2. The largest absolute Gasteiger partial charge is 0.488 e. The summed E-state index contributed by atoms with van der Waals surface area (Å²) in [6.07, 6.45) is 0.462. The first-order chi connectivity index (χ1) is 14.2. The van der Waals surface area contributed by atoms with Crippen molar-refractivity contribution in [2.24, 2.45) is 0 Å². The zero-order chi connectivity index (χ0) is 21.5. The van der Waals surface area contributed by atoms with Crippen molar-refractivity contribution in [2.45, 2.75) is 50.2 Å². The number of benzene rings is 1. The van der Waals surface area contributed by atoms with Crippen LogP contribution in [-0.2, 0) is 0 Å². The fourth-order valence-corrected chi connectivity index (χ4v) is 3.51. The van der Waals surface area contributed by atoms with E-state index in [4.69, 9.17) is 15.9 Å². The van der Waals surface area contributed by atoms with Crippen LogP contribution in [0.2, 0.25) is 0 Å². The van der Waals surface area contributed by atoms with Crippen molar-refractivity contribution in [3.63, 3.8) is 0 Å². The summed E-state index contributed by atoms with van der Waals surface area (Å²) < 4.78 is 32.0. The Hall–Kier alpha value is -2.81. The zero-order valence-electron chi connectivity index (χ0n) is 16.7. The van der Waals surface area contributed by atoms with Crippen LogP contribution < -0.4 is 15.4 Å². The number of halogens is 2. The first-order valence-electron chi connectivity index (χ1n) is 9.94. The molecule has 1 aromatic carbocycles. The third kappa shape index (κ3) is 4.07. The molecule has 9 heteroatoms. The first kappa shape index (κ1) is 20.5. The van der Waals surface area contributed by atoms with Gasteiger partial charge in [0.25, 0.3) is 6.43 Å². The SMILES string of the molecule is CC1(Oc2ccc(N)c(C(=N)c3cc(N4CCC(O)(C(F)F)CC4)ncn3)c2)CC1. The molecule has 1 saturated heterocycles. The van der Waals surface area contributed by atoms with Crippen LogP contribution >= 0.6 is 0 Å². The van der Waals surface area contributed by atoms with Crippen LogP contribution in [0.4, 0.5) is 20.3 Å². The van der Waals surface area contributed by atoms with Gasteiger partial charge in [-0.05, 0) is 50.8 Å². The molecule has 1 aliphatic carbocycles. The Kier molecular flexibility index (Phi) is 5.09. The van der Waals surface area contributed by atoms with E-state index in [0.717, 1.165) is 12.8 Å². The average Bonchev–Trinajstić information content (AvgIpc) is 3.46. The summed E-state index contributed by atoms with van der Waals surface area (Å²) in [6, 6.07) is 6.89. The van der Waals surface area contributed by atoms with Crippen molar-refractivity contribution < 1.29 is 18.6 Å². The van der Waals surface area contributed by atoms with Crippen LogP contribution in [-0.4, -0.2) is 51.5 Å². The van der Waals surface area contributed by atoms with E-state index in [9.17, 15) is 13.9 Å². The minimum absolute atomic E-state index is 0.0491. The van der Waals surface area contributed by atoms with Gasteiger partial charge in [0.15, 0.2) is 0 Å². The summed E-state index contributed by atoms with van der Waals surface area (Å²) in [5, 5.41) is 18.6. The normalized spacial score (nSPS) is 19.6. The molecule has 0 unspecified atom stereocenters. The Balaban J connectivity index is 1.53. The Morgan fingerprint density at radius 3 is 2.53 bits per heavy atom. The highest BCUT2D eigenvalue weighted by Crippen LogP contribution is 2.40. The summed E-state index contributed by atoms with van der Waals surface area (Å²) in [6.45, 7) is 2.53. The molecule has 0 atom stereocenters. The summed E-state index contributed by atoms with van der Waals surface area (Å²) in [5.74, 6) is 1.18. The number of hydrogen-bond acceptors (Lipinski definition) is 7. The number of hydrogen-bond donors (Lipinski definition) is 3. The minimum Gasteiger partial charge on any atom is -0.488 e. The number of ether oxygens (including phenoxy) is 1. The number of nitrogens with zero attached hydrogens (tertiary/aromatic N) is 3. The molecule has 160 valence electrons. The maximum Gasteiger partial charge on any atom is 0.266 e. The second kappa shape index (κ2) is 7.46. The van der Waals surface area contributed by atoms with Crippen molar-refractivity contribution in [3.05, 3.63) is 41.9 Å². The van der Waals surface area contributed by atoms with Crippen LogP contribution in [0, 0.1) is 5.41 Å². The lowest BCUT2D eigenvalue weighted by molar-refractivity contribution is -0.109. The third-order valence-corrected chi connectivity index (χ3v) is 5.88. The molecule has 7 nitrogen and oxygen atoms in total. The smallest absolute Gasteiger partial charge is 0.266 e. The number of rotatable bonds is 6. The molecule has 1 saturated carbocycles. The van der Waals surface area contributed by atoms with Gasteiger partial charge in [0, 0.05) is 30.4 Å². The van der Waals surface area contributed by atoms with E-state index in [2.05, 4.69) is 9.97 Å². The van der Waals surface area contributed by atoms with E-state index >= 15 is 0 Å². The summed E-state index contributed by atoms with van der Waals surface area (Å²) in [5.41, 5.74) is 5.44. The number of piperidine rings is 1. The highest BCUT2D eigenvalue weighted by molar-refractivity contribution is 6.13. The van der Waals surface area contributed by atoms with Crippen molar-refractivity contribution in [1.29, 1.82) is 5.41 Å². The Morgan fingerprint density at radius 2 is 1.90 bits per heavy atom. The standard InChI is InChI=1S/C21H25F2N5O2/c1-20(4-5-20)30-13-2-3-15(24)14(10-13)18(25)16-11-17(27-12-26-16)28-8-6-21(29,7-9-28)19(22)23/h2-3,10-12,19,25,29H,4-9,24H2,1H3.